The number of aromatic amines is 1. The van der Waals surface area contributed by atoms with E-state index in [0.717, 1.165) is 24.5 Å². The molecule has 1 aliphatic heterocycles. The number of carbonyl (C=O) groups excluding carboxylic acids is 3. The van der Waals surface area contributed by atoms with E-state index in [2.05, 4.69) is 47.3 Å². The molecule has 3 aromatic rings. The van der Waals surface area contributed by atoms with Gasteiger partial charge < -0.3 is 20.5 Å². The highest BCUT2D eigenvalue weighted by atomic mass is 19.1. The Morgan fingerprint density at radius 3 is 2.61 bits per heavy atom. The van der Waals surface area contributed by atoms with Crippen molar-refractivity contribution in [1.82, 2.24) is 20.5 Å². The van der Waals surface area contributed by atoms with Gasteiger partial charge in [0, 0.05) is 56.0 Å². The van der Waals surface area contributed by atoms with Gasteiger partial charge in [0.05, 0.1) is 0 Å². The maximum atomic E-state index is 14.1. The zero-order valence-corrected chi connectivity index (χ0v) is 25.3. The molecule has 0 saturated heterocycles. The molecule has 1 atom stereocenters. The quantitative estimate of drug-likeness (QED) is 0.150. The fourth-order valence-corrected chi connectivity index (χ4v) is 5.47. The fraction of sp³-hybridized carbons (Fsp3) is 0.314. The van der Waals surface area contributed by atoms with Crippen LogP contribution in [0.2, 0.25) is 0 Å². The van der Waals surface area contributed by atoms with Crippen molar-refractivity contribution < 1.29 is 18.8 Å². The number of Topliss-reactive ketones (excluding diaryl/α,β-unsaturated/α-hetero) is 1. The second-order valence-corrected chi connectivity index (χ2v) is 11.1. The van der Waals surface area contributed by atoms with E-state index in [0.29, 0.717) is 35.5 Å². The molecule has 230 valence electrons. The van der Waals surface area contributed by atoms with Crippen LogP contribution >= 0.6 is 0 Å². The summed E-state index contributed by atoms with van der Waals surface area (Å²) in [6.45, 7) is 8.41. The van der Waals surface area contributed by atoms with Crippen molar-refractivity contribution in [2.75, 3.05) is 13.1 Å². The van der Waals surface area contributed by atoms with Gasteiger partial charge in [0.25, 0.3) is 5.91 Å². The number of ketones is 1. The van der Waals surface area contributed by atoms with Gasteiger partial charge in [0.15, 0.2) is 5.78 Å². The molecule has 0 aliphatic carbocycles. The Labute approximate surface area is 257 Å². The minimum atomic E-state index is -0.421. The standard InChI is InChI=1S/C35H40FN5O3/c1-4-24-9-6-10-25(17-24)11-7-13-31(42)33(37)29-22-41(35(44)30-12-8-16-38-30)21-23(3)34(29)40-19-26-14-15-28(36)18-27(26)20-39-32(43)5-2/h5-6,8-10,12,14-18,23,37-38,40H,2,4,7,11,13,19-22H2,1,3H3,(H,39,43). The van der Waals surface area contributed by atoms with Crippen molar-refractivity contribution in [2.24, 2.45) is 5.92 Å². The maximum absolute atomic E-state index is 14.1. The molecular formula is C35H40FN5O3. The van der Waals surface area contributed by atoms with Crippen molar-refractivity contribution in [1.29, 1.82) is 5.41 Å². The van der Waals surface area contributed by atoms with E-state index >= 15 is 0 Å². The number of aromatic nitrogens is 1. The van der Waals surface area contributed by atoms with Crippen LogP contribution in [0.5, 0.6) is 0 Å². The topological polar surface area (TPSA) is 118 Å². The van der Waals surface area contributed by atoms with Gasteiger partial charge >= 0.3 is 0 Å². The molecule has 2 amide bonds. The van der Waals surface area contributed by atoms with Gasteiger partial charge in [0.1, 0.15) is 17.2 Å². The van der Waals surface area contributed by atoms with Crippen molar-refractivity contribution >= 4 is 23.3 Å². The maximum Gasteiger partial charge on any atom is 0.270 e. The largest absolute Gasteiger partial charge is 0.384 e. The molecule has 0 saturated carbocycles. The number of H-pyrrole nitrogens is 1. The smallest absolute Gasteiger partial charge is 0.270 e. The van der Waals surface area contributed by atoms with Crippen LogP contribution in [-0.2, 0) is 35.5 Å². The van der Waals surface area contributed by atoms with Crippen LogP contribution in [0.15, 0.2) is 84.7 Å². The summed E-state index contributed by atoms with van der Waals surface area (Å²) in [4.78, 5) is 43.0. The summed E-state index contributed by atoms with van der Waals surface area (Å²) in [5.41, 5.74) is 5.29. The van der Waals surface area contributed by atoms with Gasteiger partial charge in [-0.15, -0.1) is 0 Å². The molecule has 1 unspecified atom stereocenters. The van der Waals surface area contributed by atoms with Gasteiger partial charge in [-0.25, -0.2) is 4.39 Å². The number of aryl methyl sites for hydroxylation is 2. The molecule has 4 N–H and O–H groups in total. The van der Waals surface area contributed by atoms with Crippen molar-refractivity contribution in [3.63, 3.8) is 0 Å². The zero-order chi connectivity index (χ0) is 31.6. The monoisotopic (exact) mass is 597 g/mol. The van der Waals surface area contributed by atoms with Gasteiger partial charge in [-0.1, -0.05) is 50.8 Å². The number of benzene rings is 2. The predicted molar refractivity (Wildman–Crippen MR) is 170 cm³/mol. The second-order valence-electron chi connectivity index (χ2n) is 11.1. The highest BCUT2D eigenvalue weighted by Crippen LogP contribution is 2.26. The molecule has 1 aromatic heterocycles. The zero-order valence-electron chi connectivity index (χ0n) is 25.3. The minimum absolute atomic E-state index is 0.108. The SMILES string of the molecule is C=CC(=O)NCc1cc(F)ccc1CNC1=C(C(=N)C(=O)CCCc2cccc(CC)c2)CN(C(=O)c2ccc[nH]2)CC1C. The first-order valence-electron chi connectivity index (χ1n) is 15.0. The normalized spacial score (nSPS) is 14.7. The molecule has 4 rings (SSSR count). The van der Waals surface area contributed by atoms with E-state index in [9.17, 15) is 18.8 Å². The Bertz CT molecular complexity index is 1560. The number of hydrogen-bond donors (Lipinski definition) is 4. The number of amides is 2. The average Bonchev–Trinajstić information content (AvgIpc) is 3.58. The molecule has 0 fully saturated rings. The lowest BCUT2D eigenvalue weighted by molar-refractivity contribution is -0.116. The van der Waals surface area contributed by atoms with E-state index in [1.807, 2.05) is 13.0 Å². The summed E-state index contributed by atoms with van der Waals surface area (Å²) in [5.74, 6) is -1.46. The molecule has 0 bridgehead atoms. The Balaban J connectivity index is 1.55. The Morgan fingerprint density at radius 2 is 1.89 bits per heavy atom. The molecule has 0 spiro atoms. The Hall–Kier alpha value is -4.79. The summed E-state index contributed by atoms with van der Waals surface area (Å²) < 4.78 is 14.1. The predicted octanol–water partition coefficient (Wildman–Crippen LogP) is 5.27. The number of nitrogens with one attached hydrogen (secondary N) is 4. The first-order chi connectivity index (χ1) is 21.2. The fourth-order valence-electron chi connectivity index (χ4n) is 5.47. The highest BCUT2D eigenvalue weighted by Gasteiger charge is 2.32. The number of nitrogens with zero attached hydrogens (tertiary/aromatic N) is 1. The van der Waals surface area contributed by atoms with Crippen LogP contribution in [0.3, 0.4) is 0 Å². The lowest BCUT2D eigenvalue weighted by Crippen LogP contribution is -2.45. The van der Waals surface area contributed by atoms with Crippen molar-refractivity contribution in [2.45, 2.75) is 52.6 Å². The van der Waals surface area contributed by atoms with E-state index in [1.54, 1.807) is 29.3 Å². The van der Waals surface area contributed by atoms with Crippen LogP contribution in [0.4, 0.5) is 4.39 Å². The van der Waals surface area contributed by atoms with E-state index in [1.165, 1.54) is 23.3 Å². The number of carbonyl (C=O) groups is 3. The molecule has 1 aliphatic rings. The lowest BCUT2D eigenvalue weighted by Gasteiger charge is -2.35. The van der Waals surface area contributed by atoms with Crippen molar-refractivity contribution in [3.05, 3.63) is 118 Å². The summed E-state index contributed by atoms with van der Waals surface area (Å²) in [6, 6.07) is 16.2. The van der Waals surface area contributed by atoms with Gasteiger partial charge in [-0.05, 0) is 71.9 Å². The van der Waals surface area contributed by atoms with Crippen LogP contribution in [0, 0.1) is 17.1 Å². The minimum Gasteiger partial charge on any atom is -0.384 e. The third-order valence-corrected chi connectivity index (χ3v) is 7.90. The Kier molecular flexibility index (Phi) is 11.0. The van der Waals surface area contributed by atoms with Crippen molar-refractivity contribution in [3.8, 4) is 0 Å². The van der Waals surface area contributed by atoms with Gasteiger partial charge in [0.2, 0.25) is 5.91 Å². The highest BCUT2D eigenvalue weighted by molar-refractivity contribution is 6.45. The first-order valence-corrected chi connectivity index (χ1v) is 15.0. The first kappa shape index (κ1) is 32.1. The Morgan fingerprint density at radius 1 is 1.09 bits per heavy atom. The number of hydrogen-bond acceptors (Lipinski definition) is 5. The number of rotatable bonds is 14. The van der Waals surface area contributed by atoms with Crippen LogP contribution in [-0.4, -0.2) is 46.3 Å². The van der Waals surface area contributed by atoms with Crippen LogP contribution < -0.4 is 10.6 Å². The molecule has 44 heavy (non-hydrogen) atoms. The molecule has 9 heteroatoms. The summed E-state index contributed by atoms with van der Waals surface area (Å²) in [5, 5.41) is 15.0. The van der Waals surface area contributed by atoms with E-state index < -0.39 is 5.82 Å². The van der Waals surface area contributed by atoms with Crippen LogP contribution in [0.25, 0.3) is 0 Å². The third-order valence-electron chi connectivity index (χ3n) is 7.90. The molecular weight excluding hydrogens is 557 g/mol. The molecule has 0 radical (unpaired) electrons. The van der Waals surface area contributed by atoms with Gasteiger partial charge in [-0.3, -0.25) is 19.8 Å². The summed E-state index contributed by atoms with van der Waals surface area (Å²) in [7, 11) is 0. The molecule has 8 nitrogen and oxygen atoms in total. The van der Waals surface area contributed by atoms with E-state index in [-0.39, 0.29) is 55.3 Å². The average molecular weight is 598 g/mol. The lowest BCUT2D eigenvalue weighted by atomic mass is 9.90. The van der Waals surface area contributed by atoms with E-state index in [4.69, 9.17) is 5.41 Å². The molecule has 2 heterocycles. The summed E-state index contributed by atoms with van der Waals surface area (Å²) >= 11 is 0. The summed E-state index contributed by atoms with van der Waals surface area (Å²) in [6.07, 6.45) is 5.35. The molecule has 2 aromatic carbocycles. The number of halogens is 1. The van der Waals surface area contributed by atoms with Crippen LogP contribution in [0.1, 0.15) is 59.4 Å². The van der Waals surface area contributed by atoms with Gasteiger partial charge in [-0.2, -0.15) is 0 Å². The second kappa shape index (κ2) is 15.1. The third kappa shape index (κ3) is 8.18.